The molecule has 0 unspecified atom stereocenters. The largest absolute Gasteiger partial charge is 0.477 e. The molecule has 3 N–H and O–H groups in total. The van der Waals surface area contributed by atoms with Crippen molar-refractivity contribution in [3.05, 3.63) is 11.9 Å². The van der Waals surface area contributed by atoms with Crippen LogP contribution < -0.4 is 16.0 Å². The Labute approximate surface area is 108 Å². The lowest BCUT2D eigenvalue weighted by molar-refractivity contribution is 0.240. The molecular weight excluding hydrogens is 228 g/mol. The lowest BCUT2D eigenvalue weighted by Crippen LogP contribution is -2.15. The van der Waals surface area contributed by atoms with E-state index < -0.39 is 0 Å². The molecule has 2 rings (SSSR count). The van der Waals surface area contributed by atoms with Gasteiger partial charge in [-0.1, -0.05) is 26.7 Å². The monoisotopic (exact) mass is 250 g/mol. The summed E-state index contributed by atoms with van der Waals surface area (Å²) in [5.41, 5.74) is 3.57. The normalized spacial score (nSPS) is 16.2. The zero-order valence-electron chi connectivity index (χ0n) is 11.1. The van der Waals surface area contributed by atoms with E-state index in [1.54, 1.807) is 0 Å². The van der Waals surface area contributed by atoms with E-state index in [1.807, 2.05) is 0 Å². The number of nitrogen functional groups attached to an aromatic ring is 1. The second-order valence-electron chi connectivity index (χ2n) is 5.20. The summed E-state index contributed by atoms with van der Waals surface area (Å²) in [6.45, 7) is 4.92. The van der Waals surface area contributed by atoms with E-state index in [-0.39, 0.29) is 5.92 Å². The number of nitrogens with zero attached hydrogens (tertiary/aromatic N) is 2. The summed E-state index contributed by atoms with van der Waals surface area (Å²) in [4.78, 5) is 8.37. The Kier molecular flexibility index (Phi) is 4.36. The van der Waals surface area contributed by atoms with Gasteiger partial charge in [-0.15, -0.1) is 0 Å². The SMILES string of the molecule is CC(C)c1c(NN)ncnc1OCC1CCCC1. The van der Waals surface area contributed by atoms with Gasteiger partial charge in [-0.25, -0.2) is 15.8 Å². The number of hydrogen-bond donors (Lipinski definition) is 2. The van der Waals surface area contributed by atoms with E-state index in [0.29, 0.717) is 17.6 Å². The van der Waals surface area contributed by atoms with Crippen LogP contribution in [0.4, 0.5) is 5.82 Å². The molecule has 0 bridgehead atoms. The molecule has 5 heteroatoms. The number of nitrogens with one attached hydrogen (secondary N) is 1. The smallest absolute Gasteiger partial charge is 0.222 e. The first-order chi connectivity index (χ1) is 8.72. The van der Waals surface area contributed by atoms with Gasteiger partial charge >= 0.3 is 0 Å². The van der Waals surface area contributed by atoms with Gasteiger partial charge < -0.3 is 10.2 Å². The van der Waals surface area contributed by atoms with Crippen LogP contribution in [0.15, 0.2) is 6.33 Å². The molecule has 1 aliphatic rings. The molecule has 1 aliphatic carbocycles. The molecule has 0 aliphatic heterocycles. The van der Waals surface area contributed by atoms with E-state index in [9.17, 15) is 0 Å². The first-order valence-electron chi connectivity index (χ1n) is 6.66. The minimum absolute atomic E-state index is 0.274. The predicted octanol–water partition coefficient (Wildman–Crippen LogP) is 2.45. The maximum absolute atomic E-state index is 5.88. The summed E-state index contributed by atoms with van der Waals surface area (Å²) < 4.78 is 5.88. The predicted molar refractivity (Wildman–Crippen MR) is 71.4 cm³/mol. The van der Waals surface area contributed by atoms with Crippen LogP contribution >= 0.6 is 0 Å². The van der Waals surface area contributed by atoms with Gasteiger partial charge in [-0.3, -0.25) is 0 Å². The third kappa shape index (κ3) is 2.90. The van der Waals surface area contributed by atoms with Crippen molar-refractivity contribution >= 4 is 5.82 Å². The minimum Gasteiger partial charge on any atom is -0.477 e. The Morgan fingerprint density at radius 3 is 2.72 bits per heavy atom. The van der Waals surface area contributed by atoms with E-state index in [2.05, 4.69) is 29.2 Å². The summed E-state index contributed by atoms with van der Waals surface area (Å²) in [6.07, 6.45) is 6.67. The number of hydrazine groups is 1. The lowest BCUT2D eigenvalue weighted by atomic mass is 10.1. The van der Waals surface area contributed by atoms with Crippen molar-refractivity contribution < 1.29 is 4.74 Å². The molecule has 5 nitrogen and oxygen atoms in total. The maximum Gasteiger partial charge on any atom is 0.222 e. The summed E-state index contributed by atoms with van der Waals surface area (Å²) in [5.74, 6) is 7.75. The fourth-order valence-corrected chi connectivity index (χ4v) is 2.50. The standard InChI is InChI=1S/C13H22N4O/c1-9(2)11-12(17-14)15-8-16-13(11)18-7-10-5-3-4-6-10/h8-10H,3-7,14H2,1-2H3,(H,15,16,17). The molecule has 0 radical (unpaired) electrons. The molecule has 1 heterocycles. The zero-order chi connectivity index (χ0) is 13.0. The van der Waals surface area contributed by atoms with Crippen LogP contribution in [-0.2, 0) is 0 Å². The van der Waals surface area contributed by atoms with Crippen molar-refractivity contribution in [2.75, 3.05) is 12.0 Å². The molecule has 1 aromatic heterocycles. The van der Waals surface area contributed by atoms with Crippen molar-refractivity contribution in [2.24, 2.45) is 11.8 Å². The number of anilines is 1. The Morgan fingerprint density at radius 2 is 2.11 bits per heavy atom. The molecular formula is C13H22N4O. The third-order valence-corrected chi connectivity index (χ3v) is 3.49. The van der Waals surface area contributed by atoms with Gasteiger partial charge in [0.25, 0.3) is 0 Å². The van der Waals surface area contributed by atoms with Gasteiger partial charge in [0, 0.05) is 0 Å². The quantitative estimate of drug-likeness (QED) is 0.620. The Balaban J connectivity index is 2.10. The second-order valence-corrected chi connectivity index (χ2v) is 5.20. The first-order valence-corrected chi connectivity index (χ1v) is 6.66. The highest BCUT2D eigenvalue weighted by atomic mass is 16.5. The van der Waals surface area contributed by atoms with Crippen molar-refractivity contribution in [2.45, 2.75) is 45.4 Å². The molecule has 0 atom stereocenters. The summed E-state index contributed by atoms with van der Waals surface area (Å²) in [5, 5.41) is 0. The molecule has 0 spiro atoms. The fraction of sp³-hybridized carbons (Fsp3) is 0.692. The number of aromatic nitrogens is 2. The highest BCUT2D eigenvalue weighted by Crippen LogP contribution is 2.31. The van der Waals surface area contributed by atoms with Crippen molar-refractivity contribution in [3.8, 4) is 5.88 Å². The zero-order valence-corrected chi connectivity index (χ0v) is 11.1. The van der Waals surface area contributed by atoms with Gasteiger partial charge in [-0.05, 0) is 24.7 Å². The maximum atomic E-state index is 5.88. The summed E-state index contributed by atoms with van der Waals surface area (Å²) in [7, 11) is 0. The molecule has 1 fully saturated rings. The highest BCUT2D eigenvalue weighted by Gasteiger charge is 2.19. The molecule has 0 amide bonds. The molecule has 1 aromatic rings. The third-order valence-electron chi connectivity index (χ3n) is 3.49. The topological polar surface area (TPSA) is 73.1 Å². The fourth-order valence-electron chi connectivity index (χ4n) is 2.50. The van der Waals surface area contributed by atoms with E-state index in [1.165, 1.54) is 32.0 Å². The van der Waals surface area contributed by atoms with Gasteiger partial charge in [0.15, 0.2) is 5.82 Å². The number of hydrogen-bond acceptors (Lipinski definition) is 5. The Bertz CT molecular complexity index is 389. The molecule has 0 aromatic carbocycles. The minimum atomic E-state index is 0.274. The number of rotatable bonds is 5. The number of ether oxygens (including phenoxy) is 1. The summed E-state index contributed by atoms with van der Waals surface area (Å²) >= 11 is 0. The molecule has 18 heavy (non-hydrogen) atoms. The van der Waals surface area contributed by atoms with Crippen LogP contribution in [-0.4, -0.2) is 16.6 Å². The van der Waals surface area contributed by atoms with E-state index in [4.69, 9.17) is 10.6 Å². The van der Waals surface area contributed by atoms with Crippen LogP contribution in [0.2, 0.25) is 0 Å². The average Bonchev–Trinajstić information content (AvgIpc) is 2.88. The van der Waals surface area contributed by atoms with Gasteiger partial charge in [0.1, 0.15) is 6.33 Å². The van der Waals surface area contributed by atoms with Gasteiger partial charge in [-0.2, -0.15) is 0 Å². The van der Waals surface area contributed by atoms with E-state index in [0.717, 1.165) is 12.2 Å². The average molecular weight is 250 g/mol. The lowest BCUT2D eigenvalue weighted by Gasteiger charge is -2.17. The van der Waals surface area contributed by atoms with Crippen LogP contribution in [0, 0.1) is 5.92 Å². The van der Waals surface area contributed by atoms with Crippen LogP contribution in [0.3, 0.4) is 0 Å². The summed E-state index contributed by atoms with van der Waals surface area (Å²) in [6, 6.07) is 0. The molecule has 1 saturated carbocycles. The van der Waals surface area contributed by atoms with Gasteiger partial charge in [0.05, 0.1) is 12.2 Å². The van der Waals surface area contributed by atoms with Crippen LogP contribution in [0.1, 0.15) is 51.0 Å². The van der Waals surface area contributed by atoms with Crippen LogP contribution in [0.5, 0.6) is 5.88 Å². The van der Waals surface area contributed by atoms with E-state index >= 15 is 0 Å². The second kappa shape index (κ2) is 6.00. The van der Waals surface area contributed by atoms with Crippen molar-refractivity contribution in [3.63, 3.8) is 0 Å². The van der Waals surface area contributed by atoms with Crippen molar-refractivity contribution in [1.82, 2.24) is 9.97 Å². The molecule has 100 valence electrons. The Morgan fingerprint density at radius 1 is 1.39 bits per heavy atom. The highest BCUT2D eigenvalue weighted by molar-refractivity contribution is 5.49. The Hall–Kier alpha value is -1.36. The van der Waals surface area contributed by atoms with Gasteiger partial charge in [0.2, 0.25) is 5.88 Å². The van der Waals surface area contributed by atoms with Crippen molar-refractivity contribution in [1.29, 1.82) is 0 Å². The number of nitrogens with two attached hydrogens (primary N) is 1. The van der Waals surface area contributed by atoms with Crippen LogP contribution in [0.25, 0.3) is 0 Å². The molecule has 0 saturated heterocycles. The first kappa shape index (κ1) is 13.1.